The number of hydrogen-bond donors (Lipinski definition) is 0. The summed E-state index contributed by atoms with van der Waals surface area (Å²) in [4.78, 5) is 0.516. The lowest BCUT2D eigenvalue weighted by molar-refractivity contribution is 0.506. The second-order valence-corrected chi connectivity index (χ2v) is 7.99. The van der Waals surface area contributed by atoms with Gasteiger partial charge in [-0.25, -0.2) is 0 Å². The van der Waals surface area contributed by atoms with Crippen molar-refractivity contribution in [1.82, 2.24) is 0 Å². The Labute approximate surface area is 140 Å². The van der Waals surface area contributed by atoms with E-state index in [2.05, 4.69) is 67.9 Å². The lowest BCUT2D eigenvalue weighted by atomic mass is 9.82. The van der Waals surface area contributed by atoms with Gasteiger partial charge in [-0.15, -0.1) is 0 Å². The fourth-order valence-corrected chi connectivity index (χ4v) is 3.25. The molecule has 120 valence electrons. The Morgan fingerprint density at radius 3 is 2.05 bits per heavy atom. The maximum atomic E-state index is 3.86. The lowest BCUT2D eigenvalue weighted by Crippen LogP contribution is -2.15. The van der Waals surface area contributed by atoms with Gasteiger partial charge in [-0.1, -0.05) is 106 Å². The molecule has 0 N–H and O–H groups in total. The highest BCUT2D eigenvalue weighted by molar-refractivity contribution is 9.09. The Hall–Kier alpha value is -0.300. The first kappa shape index (κ1) is 18.7. The lowest BCUT2D eigenvalue weighted by Gasteiger charge is -2.24. The molecule has 0 radical (unpaired) electrons. The molecule has 0 saturated carbocycles. The van der Waals surface area contributed by atoms with Crippen LogP contribution in [0.5, 0.6) is 0 Å². The maximum absolute atomic E-state index is 3.86. The molecule has 0 heterocycles. The van der Waals surface area contributed by atoms with Crippen molar-refractivity contribution in [1.29, 1.82) is 0 Å². The van der Waals surface area contributed by atoms with Crippen LogP contribution in [0.25, 0.3) is 0 Å². The number of rotatable bonds is 10. The predicted octanol–water partition coefficient (Wildman–Crippen LogP) is 7.56. The quantitative estimate of drug-likeness (QED) is 0.301. The first-order valence-electron chi connectivity index (χ1n) is 8.75. The topological polar surface area (TPSA) is 0 Å². The Balaban J connectivity index is 2.39. The fourth-order valence-electron chi connectivity index (χ4n) is 2.62. The van der Waals surface area contributed by atoms with E-state index in [0.717, 1.165) is 0 Å². The molecule has 1 rings (SSSR count). The van der Waals surface area contributed by atoms with Crippen molar-refractivity contribution in [2.45, 2.75) is 89.3 Å². The number of alkyl halides is 1. The molecular formula is C20H33Br. The van der Waals surface area contributed by atoms with Gasteiger partial charge in [0.2, 0.25) is 0 Å². The molecule has 1 unspecified atom stereocenters. The third-order valence-electron chi connectivity index (χ3n) is 4.75. The van der Waals surface area contributed by atoms with Gasteiger partial charge in [-0.05, 0) is 29.4 Å². The van der Waals surface area contributed by atoms with Gasteiger partial charge in [-0.2, -0.15) is 0 Å². The van der Waals surface area contributed by atoms with Crippen LogP contribution in [0.15, 0.2) is 24.3 Å². The Morgan fingerprint density at radius 2 is 1.48 bits per heavy atom. The molecule has 0 fully saturated rings. The number of halogens is 1. The van der Waals surface area contributed by atoms with Gasteiger partial charge in [0.25, 0.3) is 0 Å². The summed E-state index contributed by atoms with van der Waals surface area (Å²) in [5, 5.41) is 0. The largest absolute Gasteiger partial charge is 0.0839 e. The minimum atomic E-state index is 0.291. The Bertz CT molecular complexity index is 377. The second kappa shape index (κ2) is 9.66. The van der Waals surface area contributed by atoms with Crippen molar-refractivity contribution in [2.75, 3.05) is 0 Å². The van der Waals surface area contributed by atoms with Gasteiger partial charge in [0.15, 0.2) is 0 Å². The van der Waals surface area contributed by atoms with E-state index in [0.29, 0.717) is 10.2 Å². The number of unbranched alkanes of at least 4 members (excludes halogenated alkanes) is 5. The molecule has 0 spiro atoms. The Kier molecular flexibility index (Phi) is 8.63. The van der Waals surface area contributed by atoms with Crippen molar-refractivity contribution in [3.05, 3.63) is 35.4 Å². The number of benzene rings is 1. The molecule has 1 aromatic rings. The van der Waals surface area contributed by atoms with Crippen LogP contribution in [-0.2, 0) is 5.41 Å². The summed E-state index contributed by atoms with van der Waals surface area (Å²) in [6.07, 6.45) is 10.7. The van der Waals surface area contributed by atoms with E-state index in [4.69, 9.17) is 0 Å². The molecule has 1 heteroatoms. The first-order chi connectivity index (χ1) is 10.0. The van der Waals surface area contributed by atoms with Crippen LogP contribution in [0.1, 0.15) is 95.0 Å². The highest BCUT2D eigenvalue weighted by Gasteiger charge is 2.18. The molecule has 0 nitrogen and oxygen atoms in total. The molecule has 0 saturated heterocycles. The molecule has 0 amide bonds. The Morgan fingerprint density at radius 1 is 0.905 bits per heavy atom. The van der Waals surface area contributed by atoms with Crippen molar-refractivity contribution >= 4 is 15.9 Å². The van der Waals surface area contributed by atoms with E-state index in [1.165, 1.54) is 62.5 Å². The fraction of sp³-hybridized carbons (Fsp3) is 0.700. The summed E-state index contributed by atoms with van der Waals surface area (Å²) >= 11 is 3.86. The number of hydrogen-bond acceptors (Lipinski definition) is 0. The molecule has 0 aliphatic heterocycles. The SMILES string of the molecule is CCCCCCCCC(Br)c1ccc(C(C)(C)CC)cc1. The molecule has 1 aromatic carbocycles. The minimum absolute atomic E-state index is 0.291. The summed E-state index contributed by atoms with van der Waals surface area (Å²) < 4.78 is 0. The zero-order valence-electron chi connectivity index (χ0n) is 14.4. The van der Waals surface area contributed by atoms with Gasteiger partial charge in [0.1, 0.15) is 0 Å². The third kappa shape index (κ3) is 6.55. The first-order valence-corrected chi connectivity index (χ1v) is 9.67. The van der Waals surface area contributed by atoms with Crippen LogP contribution in [0, 0.1) is 0 Å². The average molecular weight is 353 g/mol. The molecule has 0 aromatic heterocycles. The zero-order valence-corrected chi connectivity index (χ0v) is 16.0. The minimum Gasteiger partial charge on any atom is -0.0839 e. The summed E-state index contributed by atoms with van der Waals surface area (Å²) in [6.45, 7) is 9.19. The third-order valence-corrected chi connectivity index (χ3v) is 5.74. The molecule has 0 bridgehead atoms. The van der Waals surface area contributed by atoms with Crippen molar-refractivity contribution in [3.8, 4) is 0 Å². The zero-order chi connectivity index (χ0) is 15.7. The van der Waals surface area contributed by atoms with E-state index < -0.39 is 0 Å². The van der Waals surface area contributed by atoms with E-state index in [1.54, 1.807) is 0 Å². The van der Waals surface area contributed by atoms with Crippen molar-refractivity contribution in [2.24, 2.45) is 0 Å². The second-order valence-electron chi connectivity index (χ2n) is 6.88. The van der Waals surface area contributed by atoms with Gasteiger partial charge < -0.3 is 0 Å². The van der Waals surface area contributed by atoms with Crippen LogP contribution in [0.3, 0.4) is 0 Å². The van der Waals surface area contributed by atoms with Gasteiger partial charge in [-0.3, -0.25) is 0 Å². The standard InChI is InChI=1S/C20H33Br/c1-5-7-8-9-10-11-12-19(21)17-13-15-18(16-14-17)20(3,4)6-2/h13-16,19H,5-12H2,1-4H3. The van der Waals surface area contributed by atoms with E-state index in [-0.39, 0.29) is 0 Å². The van der Waals surface area contributed by atoms with Gasteiger partial charge >= 0.3 is 0 Å². The highest BCUT2D eigenvalue weighted by atomic mass is 79.9. The molecule has 0 aliphatic carbocycles. The molecule has 21 heavy (non-hydrogen) atoms. The van der Waals surface area contributed by atoms with Crippen molar-refractivity contribution in [3.63, 3.8) is 0 Å². The molecule has 0 aliphatic rings. The van der Waals surface area contributed by atoms with Gasteiger partial charge in [0, 0.05) is 4.83 Å². The summed E-state index contributed by atoms with van der Waals surface area (Å²) in [6, 6.07) is 9.25. The van der Waals surface area contributed by atoms with Crippen LogP contribution in [0.4, 0.5) is 0 Å². The van der Waals surface area contributed by atoms with Crippen molar-refractivity contribution < 1.29 is 0 Å². The van der Waals surface area contributed by atoms with Crippen LogP contribution >= 0.6 is 15.9 Å². The smallest absolute Gasteiger partial charge is 0.0395 e. The van der Waals surface area contributed by atoms with E-state index >= 15 is 0 Å². The monoisotopic (exact) mass is 352 g/mol. The summed E-state index contributed by atoms with van der Waals surface area (Å²) in [5.41, 5.74) is 3.17. The predicted molar refractivity (Wildman–Crippen MR) is 99.4 cm³/mol. The highest BCUT2D eigenvalue weighted by Crippen LogP contribution is 2.32. The maximum Gasteiger partial charge on any atom is 0.0395 e. The van der Waals surface area contributed by atoms with E-state index in [9.17, 15) is 0 Å². The summed E-state index contributed by atoms with van der Waals surface area (Å²) in [5.74, 6) is 0. The normalized spacial score (nSPS) is 13.4. The molecular weight excluding hydrogens is 320 g/mol. The van der Waals surface area contributed by atoms with Gasteiger partial charge in [0.05, 0.1) is 0 Å². The summed E-state index contributed by atoms with van der Waals surface area (Å²) in [7, 11) is 0. The average Bonchev–Trinajstić information content (AvgIpc) is 2.50. The van der Waals surface area contributed by atoms with Crippen LogP contribution in [-0.4, -0.2) is 0 Å². The van der Waals surface area contributed by atoms with E-state index in [1.807, 2.05) is 0 Å². The van der Waals surface area contributed by atoms with Crippen LogP contribution < -0.4 is 0 Å². The van der Waals surface area contributed by atoms with Crippen LogP contribution in [0.2, 0.25) is 0 Å². The molecule has 1 atom stereocenters.